The van der Waals surface area contributed by atoms with Crippen LogP contribution in [-0.4, -0.2) is 12.1 Å². The van der Waals surface area contributed by atoms with Gasteiger partial charge in [0.25, 0.3) is 0 Å². The number of rotatable bonds is 6. The van der Waals surface area contributed by atoms with Crippen molar-refractivity contribution < 1.29 is 9.53 Å². The molecule has 2 heteroatoms. The van der Waals surface area contributed by atoms with Crippen molar-refractivity contribution in [1.29, 1.82) is 0 Å². The van der Waals surface area contributed by atoms with E-state index in [1.165, 1.54) is 51.4 Å². The zero-order chi connectivity index (χ0) is 24.8. The van der Waals surface area contributed by atoms with Crippen molar-refractivity contribution in [3.63, 3.8) is 0 Å². The van der Waals surface area contributed by atoms with Crippen LogP contribution in [0.5, 0.6) is 0 Å². The number of hydrogen-bond donors (Lipinski definition) is 0. The lowest BCUT2D eigenvalue weighted by atomic mass is 9.46. The number of carbonyl (C=O) groups excluding carboxylic acids is 1. The zero-order valence-corrected chi connectivity index (χ0v) is 23.5. The highest BCUT2D eigenvalue weighted by Gasteiger charge is 2.59. The van der Waals surface area contributed by atoms with Gasteiger partial charge < -0.3 is 4.74 Å². The third-order valence-electron chi connectivity index (χ3n) is 11.6. The van der Waals surface area contributed by atoms with E-state index in [2.05, 4.69) is 60.6 Å². The van der Waals surface area contributed by atoms with E-state index in [1.807, 2.05) is 5.57 Å². The van der Waals surface area contributed by atoms with E-state index in [0.717, 1.165) is 30.1 Å². The summed E-state index contributed by atoms with van der Waals surface area (Å²) in [5, 5.41) is 0. The largest absolute Gasteiger partial charge is 0.462 e. The van der Waals surface area contributed by atoms with E-state index in [4.69, 9.17) is 4.74 Å². The van der Waals surface area contributed by atoms with Gasteiger partial charge in [0.2, 0.25) is 0 Å². The van der Waals surface area contributed by atoms with Crippen molar-refractivity contribution in [2.24, 2.45) is 52.3 Å². The Kier molecular flexibility index (Phi) is 7.48. The van der Waals surface area contributed by atoms with Crippen LogP contribution in [0.3, 0.4) is 0 Å². The van der Waals surface area contributed by atoms with Gasteiger partial charge in [0.1, 0.15) is 6.10 Å². The molecule has 4 aliphatic rings. The van der Waals surface area contributed by atoms with Crippen LogP contribution >= 0.6 is 0 Å². The number of hydrogen-bond acceptors (Lipinski definition) is 2. The Morgan fingerprint density at radius 2 is 1.76 bits per heavy atom. The smallest absolute Gasteiger partial charge is 0.302 e. The third kappa shape index (κ3) is 4.34. The van der Waals surface area contributed by atoms with E-state index in [1.54, 1.807) is 12.5 Å². The lowest BCUT2D eigenvalue weighted by molar-refractivity contribution is -0.158. The normalized spacial score (nSPS) is 43.0. The predicted octanol–water partition coefficient (Wildman–Crippen LogP) is 8.76. The number of fused-ring (bicyclic) bond motifs is 5. The molecule has 0 radical (unpaired) electrons. The summed E-state index contributed by atoms with van der Waals surface area (Å²) < 4.78 is 5.76. The van der Waals surface area contributed by atoms with Crippen molar-refractivity contribution in [3.05, 3.63) is 23.3 Å². The molecule has 0 aromatic rings. The number of esters is 1. The van der Waals surface area contributed by atoms with Gasteiger partial charge in [0.15, 0.2) is 0 Å². The van der Waals surface area contributed by atoms with E-state index in [0.29, 0.717) is 28.6 Å². The van der Waals surface area contributed by atoms with Crippen molar-refractivity contribution >= 4 is 5.97 Å². The lowest BCUT2D eigenvalue weighted by Gasteiger charge is -2.59. The molecule has 2 nitrogen and oxygen atoms in total. The molecule has 0 unspecified atom stereocenters. The van der Waals surface area contributed by atoms with Gasteiger partial charge in [-0.3, -0.25) is 4.79 Å². The Hall–Kier alpha value is -1.05. The van der Waals surface area contributed by atoms with Gasteiger partial charge >= 0.3 is 5.97 Å². The summed E-state index contributed by atoms with van der Waals surface area (Å²) in [6, 6.07) is 0. The van der Waals surface area contributed by atoms with Crippen LogP contribution in [0.15, 0.2) is 23.3 Å². The molecule has 34 heavy (non-hydrogen) atoms. The van der Waals surface area contributed by atoms with Crippen LogP contribution in [0.1, 0.15) is 113 Å². The highest BCUT2D eigenvalue weighted by atomic mass is 16.5. The second-order valence-electron chi connectivity index (χ2n) is 13.5. The highest BCUT2D eigenvalue weighted by molar-refractivity contribution is 5.66. The summed E-state index contributed by atoms with van der Waals surface area (Å²) in [7, 11) is 0. The molecule has 3 fully saturated rings. The number of allylic oxidation sites excluding steroid dienone is 4. The molecular weight excluding hydrogens is 416 g/mol. The molecule has 0 aromatic carbocycles. The Morgan fingerprint density at radius 3 is 2.41 bits per heavy atom. The molecule has 4 rings (SSSR count). The first kappa shape index (κ1) is 26.0. The van der Waals surface area contributed by atoms with Gasteiger partial charge in [-0.2, -0.15) is 0 Å². The molecule has 0 spiro atoms. The highest BCUT2D eigenvalue weighted by Crippen LogP contribution is 2.67. The summed E-state index contributed by atoms with van der Waals surface area (Å²) in [5.74, 6) is 4.91. The van der Waals surface area contributed by atoms with Gasteiger partial charge in [0.05, 0.1) is 0 Å². The zero-order valence-electron chi connectivity index (χ0n) is 23.5. The van der Waals surface area contributed by atoms with Gasteiger partial charge in [-0.05, 0) is 117 Å². The topological polar surface area (TPSA) is 26.3 Å². The van der Waals surface area contributed by atoms with Gasteiger partial charge in [-0.25, -0.2) is 0 Å². The average molecular weight is 469 g/mol. The van der Waals surface area contributed by atoms with E-state index < -0.39 is 0 Å². The maximum absolute atomic E-state index is 11.7. The van der Waals surface area contributed by atoms with Crippen molar-refractivity contribution in [2.45, 2.75) is 119 Å². The Balaban J connectivity index is 1.50. The molecule has 0 bridgehead atoms. The molecule has 0 aromatic heterocycles. The molecule has 0 amide bonds. The van der Waals surface area contributed by atoms with Crippen LogP contribution in [0, 0.1) is 52.3 Å². The first-order valence-electron chi connectivity index (χ1n) is 14.5. The first-order valence-corrected chi connectivity index (χ1v) is 14.5. The van der Waals surface area contributed by atoms with Crippen LogP contribution < -0.4 is 0 Å². The van der Waals surface area contributed by atoms with Gasteiger partial charge in [-0.1, -0.05) is 64.8 Å². The monoisotopic (exact) mass is 468 g/mol. The van der Waals surface area contributed by atoms with E-state index in [-0.39, 0.29) is 12.1 Å². The van der Waals surface area contributed by atoms with Crippen LogP contribution in [0.4, 0.5) is 0 Å². The molecule has 0 heterocycles. The first-order chi connectivity index (χ1) is 16.0. The fraction of sp³-hybridized carbons (Fsp3) is 0.844. The molecule has 192 valence electrons. The molecule has 3 saturated carbocycles. The van der Waals surface area contributed by atoms with Gasteiger partial charge in [0, 0.05) is 6.92 Å². The Morgan fingerprint density at radius 1 is 1.09 bits per heavy atom. The fourth-order valence-electron chi connectivity index (χ4n) is 9.65. The minimum atomic E-state index is -0.109. The molecule has 0 aliphatic heterocycles. The van der Waals surface area contributed by atoms with Crippen LogP contribution in [-0.2, 0) is 9.53 Å². The summed E-state index contributed by atoms with van der Waals surface area (Å²) in [6.07, 6.45) is 16.8. The predicted molar refractivity (Wildman–Crippen MR) is 142 cm³/mol. The van der Waals surface area contributed by atoms with Crippen molar-refractivity contribution in [2.75, 3.05) is 0 Å². The van der Waals surface area contributed by atoms with Crippen LogP contribution in [0.2, 0.25) is 0 Å². The standard InChI is InChI=1S/C32H52O2/c1-9-24(20(2)3)11-10-21(4)26-14-15-28-25-12-13-27-22(5)30(34-23(6)33)17-19-32(27,8)29(25)16-18-31(26,28)7/h9,12,20-22,26-30H,10-11,13-19H2,1-8H3/t21-,22+,26-,27+,28+,29-,30+,31-,32+/m1/s1. The third-order valence-corrected chi connectivity index (χ3v) is 11.6. The van der Waals surface area contributed by atoms with E-state index >= 15 is 0 Å². The molecule has 9 atom stereocenters. The lowest BCUT2D eigenvalue weighted by Crippen LogP contribution is -2.53. The number of carbonyl (C=O) groups is 1. The molecule has 4 aliphatic carbocycles. The number of ether oxygens (including phenoxy) is 1. The quantitative estimate of drug-likeness (QED) is 0.288. The molecule has 0 N–H and O–H groups in total. The van der Waals surface area contributed by atoms with Crippen molar-refractivity contribution in [1.82, 2.24) is 0 Å². The van der Waals surface area contributed by atoms with Crippen LogP contribution in [0.25, 0.3) is 0 Å². The molecular formula is C32H52O2. The Bertz CT molecular complexity index is 821. The Labute approximate surface area is 210 Å². The minimum absolute atomic E-state index is 0.109. The van der Waals surface area contributed by atoms with Gasteiger partial charge in [-0.15, -0.1) is 0 Å². The minimum Gasteiger partial charge on any atom is -0.462 e. The summed E-state index contributed by atoms with van der Waals surface area (Å²) in [5.41, 5.74) is 4.35. The second-order valence-corrected chi connectivity index (χ2v) is 13.5. The van der Waals surface area contributed by atoms with E-state index in [9.17, 15) is 4.79 Å². The summed E-state index contributed by atoms with van der Waals surface area (Å²) in [4.78, 5) is 11.7. The molecule has 0 saturated heterocycles. The summed E-state index contributed by atoms with van der Waals surface area (Å²) >= 11 is 0. The average Bonchev–Trinajstić information content (AvgIpc) is 3.13. The second kappa shape index (κ2) is 9.78. The maximum Gasteiger partial charge on any atom is 0.302 e. The maximum atomic E-state index is 11.7. The fourth-order valence-corrected chi connectivity index (χ4v) is 9.65. The SMILES string of the molecule is CC=C(CC[C@@H](C)[C@H]1CC[C@H]2C3=CC[C@H]4[C@H](C)[C@@H](OC(C)=O)CC[C@]4(C)[C@@H]3CC[C@]12C)C(C)C. The van der Waals surface area contributed by atoms with Crippen molar-refractivity contribution in [3.8, 4) is 0 Å². The summed E-state index contributed by atoms with van der Waals surface area (Å²) in [6.45, 7) is 18.7.